The first-order chi connectivity index (χ1) is 8.36. The molecule has 1 saturated heterocycles. The van der Waals surface area contributed by atoms with E-state index in [1.165, 1.54) is 12.0 Å². The fourth-order valence-electron chi connectivity index (χ4n) is 1.71. The van der Waals surface area contributed by atoms with Crippen molar-refractivity contribution in [3.05, 3.63) is 35.9 Å². The molecule has 2 rings (SSSR count). The third kappa shape index (κ3) is 4.30. The molecule has 0 atom stereocenters. The van der Waals surface area contributed by atoms with Gasteiger partial charge in [-0.15, -0.1) is 0 Å². The van der Waals surface area contributed by atoms with Crippen molar-refractivity contribution in [2.24, 2.45) is 0 Å². The molecule has 0 unspecified atom stereocenters. The van der Waals surface area contributed by atoms with E-state index in [0.29, 0.717) is 0 Å². The summed E-state index contributed by atoms with van der Waals surface area (Å²) < 4.78 is 0.876. The van der Waals surface area contributed by atoms with Crippen LogP contribution in [-0.4, -0.2) is 28.3 Å². The Morgan fingerprint density at radius 2 is 2.12 bits per heavy atom. The molecule has 0 spiro atoms. The highest BCUT2D eigenvalue weighted by atomic mass is 32.2. The van der Waals surface area contributed by atoms with Crippen molar-refractivity contribution in [3.8, 4) is 0 Å². The number of nitrogens with zero attached hydrogens (tertiary/aromatic N) is 1. The Morgan fingerprint density at radius 1 is 1.29 bits per heavy atom. The average molecular weight is 267 g/mol. The lowest BCUT2D eigenvalue weighted by atomic mass is 10.2. The van der Waals surface area contributed by atoms with Gasteiger partial charge in [-0.05, 0) is 24.8 Å². The van der Waals surface area contributed by atoms with Gasteiger partial charge in [0.25, 0.3) is 0 Å². The summed E-state index contributed by atoms with van der Waals surface area (Å²) in [6.45, 7) is 1.75. The number of benzene rings is 1. The number of hydroxylamine groups is 2. The first kappa shape index (κ1) is 12.9. The van der Waals surface area contributed by atoms with Gasteiger partial charge in [0.05, 0.1) is 6.61 Å². The van der Waals surface area contributed by atoms with E-state index in [1.807, 2.05) is 11.1 Å². The smallest absolute Gasteiger partial charge is 0.160 e. The number of thiocarbonyl (C=S) groups is 1. The molecule has 1 heterocycles. The van der Waals surface area contributed by atoms with E-state index in [1.54, 1.807) is 11.8 Å². The van der Waals surface area contributed by atoms with Crippen molar-refractivity contribution >= 4 is 28.3 Å². The van der Waals surface area contributed by atoms with Crippen LogP contribution in [0.25, 0.3) is 0 Å². The summed E-state index contributed by atoms with van der Waals surface area (Å²) >= 11 is 7.06. The second kappa shape index (κ2) is 6.99. The first-order valence-electron chi connectivity index (χ1n) is 5.97. The van der Waals surface area contributed by atoms with E-state index in [2.05, 4.69) is 24.3 Å². The lowest BCUT2D eigenvalue weighted by Gasteiger charge is -2.27. The minimum atomic E-state index is 0.805. The maximum absolute atomic E-state index is 5.51. The van der Waals surface area contributed by atoms with Gasteiger partial charge in [0.15, 0.2) is 4.32 Å². The standard InChI is InChI=1S/C13H17NOS2/c16-13(14-9-4-5-10-15-14)17-11-8-12-6-2-1-3-7-12/h1-3,6-7H,4-5,8-11H2. The molecule has 17 heavy (non-hydrogen) atoms. The molecule has 0 saturated carbocycles. The van der Waals surface area contributed by atoms with Crippen LogP contribution >= 0.6 is 24.0 Å². The van der Waals surface area contributed by atoms with Crippen LogP contribution in [-0.2, 0) is 11.3 Å². The molecule has 1 aromatic rings. The molecule has 0 aromatic heterocycles. The minimum absolute atomic E-state index is 0.805. The molecular weight excluding hydrogens is 250 g/mol. The van der Waals surface area contributed by atoms with Crippen LogP contribution in [0, 0.1) is 0 Å². The highest BCUT2D eigenvalue weighted by Crippen LogP contribution is 2.16. The predicted octanol–water partition coefficient (Wildman–Crippen LogP) is 3.27. The summed E-state index contributed by atoms with van der Waals surface area (Å²) in [5, 5.41) is 1.87. The van der Waals surface area contributed by atoms with Crippen LogP contribution in [0.5, 0.6) is 0 Å². The molecule has 4 heteroatoms. The zero-order chi connectivity index (χ0) is 11.9. The van der Waals surface area contributed by atoms with Gasteiger partial charge in [0.2, 0.25) is 0 Å². The van der Waals surface area contributed by atoms with Gasteiger partial charge in [-0.3, -0.25) is 4.84 Å². The van der Waals surface area contributed by atoms with E-state index >= 15 is 0 Å². The number of aryl methyl sites for hydroxylation is 1. The topological polar surface area (TPSA) is 12.5 Å². The maximum Gasteiger partial charge on any atom is 0.160 e. The van der Waals surface area contributed by atoms with Crippen molar-refractivity contribution in [1.82, 2.24) is 5.06 Å². The van der Waals surface area contributed by atoms with Crippen molar-refractivity contribution in [1.29, 1.82) is 0 Å². The van der Waals surface area contributed by atoms with Crippen molar-refractivity contribution in [3.63, 3.8) is 0 Å². The SMILES string of the molecule is S=C(SCCc1ccccc1)N1CCCCO1. The number of thioether (sulfide) groups is 1. The molecule has 1 aromatic carbocycles. The second-order valence-electron chi connectivity index (χ2n) is 3.99. The summed E-state index contributed by atoms with van der Waals surface area (Å²) in [4.78, 5) is 5.51. The van der Waals surface area contributed by atoms with Crippen molar-refractivity contribution < 1.29 is 4.84 Å². The van der Waals surface area contributed by atoms with Gasteiger partial charge in [-0.1, -0.05) is 54.3 Å². The molecule has 0 amide bonds. The van der Waals surface area contributed by atoms with E-state index in [9.17, 15) is 0 Å². The van der Waals surface area contributed by atoms with E-state index < -0.39 is 0 Å². The van der Waals surface area contributed by atoms with Gasteiger partial charge >= 0.3 is 0 Å². The number of hydrogen-bond donors (Lipinski definition) is 0. The van der Waals surface area contributed by atoms with Gasteiger partial charge in [0, 0.05) is 12.3 Å². The Balaban J connectivity index is 1.69. The molecule has 92 valence electrons. The van der Waals surface area contributed by atoms with Gasteiger partial charge in [0.1, 0.15) is 0 Å². The van der Waals surface area contributed by atoms with E-state index in [4.69, 9.17) is 17.1 Å². The van der Waals surface area contributed by atoms with Crippen LogP contribution in [0.3, 0.4) is 0 Å². The molecule has 0 aliphatic carbocycles. The van der Waals surface area contributed by atoms with Gasteiger partial charge in [-0.25, -0.2) is 5.06 Å². The highest BCUT2D eigenvalue weighted by molar-refractivity contribution is 8.22. The Kier molecular flexibility index (Phi) is 5.29. The third-order valence-electron chi connectivity index (χ3n) is 2.67. The monoisotopic (exact) mass is 267 g/mol. The fourth-order valence-corrected chi connectivity index (χ4v) is 2.91. The Bertz CT molecular complexity index is 350. The lowest BCUT2D eigenvalue weighted by Crippen LogP contribution is -2.33. The summed E-state index contributed by atoms with van der Waals surface area (Å²) in [6.07, 6.45) is 3.38. The first-order valence-corrected chi connectivity index (χ1v) is 7.37. The normalized spacial score (nSPS) is 15.9. The molecule has 0 bridgehead atoms. The van der Waals surface area contributed by atoms with Crippen molar-refractivity contribution in [2.45, 2.75) is 19.3 Å². The van der Waals surface area contributed by atoms with Crippen LogP contribution in [0.1, 0.15) is 18.4 Å². The molecule has 2 nitrogen and oxygen atoms in total. The maximum atomic E-state index is 5.51. The van der Waals surface area contributed by atoms with Crippen LogP contribution in [0.15, 0.2) is 30.3 Å². The Morgan fingerprint density at radius 3 is 2.82 bits per heavy atom. The molecule has 1 aliphatic rings. The minimum Gasteiger partial charge on any atom is -0.272 e. The molecule has 0 N–H and O–H groups in total. The predicted molar refractivity (Wildman–Crippen MR) is 77.1 cm³/mol. The zero-order valence-corrected chi connectivity index (χ0v) is 11.4. The van der Waals surface area contributed by atoms with Gasteiger partial charge < -0.3 is 0 Å². The zero-order valence-electron chi connectivity index (χ0n) is 9.80. The largest absolute Gasteiger partial charge is 0.272 e. The van der Waals surface area contributed by atoms with Crippen molar-refractivity contribution in [2.75, 3.05) is 18.9 Å². The Labute approximate surface area is 112 Å². The average Bonchev–Trinajstić information content (AvgIpc) is 2.41. The van der Waals surface area contributed by atoms with Crippen LogP contribution in [0.4, 0.5) is 0 Å². The fraction of sp³-hybridized carbons (Fsp3) is 0.462. The second-order valence-corrected chi connectivity index (χ2v) is 5.72. The van der Waals surface area contributed by atoms with Crippen LogP contribution in [0.2, 0.25) is 0 Å². The molecule has 0 radical (unpaired) electrons. The summed E-state index contributed by atoms with van der Waals surface area (Å²) in [6, 6.07) is 10.5. The number of hydrogen-bond acceptors (Lipinski definition) is 3. The lowest BCUT2D eigenvalue weighted by molar-refractivity contribution is -0.118. The summed E-state index contributed by atoms with van der Waals surface area (Å²) in [5.74, 6) is 1.02. The number of rotatable bonds is 3. The van der Waals surface area contributed by atoms with Crippen LogP contribution < -0.4 is 0 Å². The Hall–Kier alpha value is -0.580. The van der Waals surface area contributed by atoms with E-state index in [0.717, 1.165) is 36.1 Å². The quantitative estimate of drug-likeness (QED) is 0.779. The molecule has 1 fully saturated rings. The summed E-state index contributed by atoms with van der Waals surface area (Å²) in [5.41, 5.74) is 1.36. The highest BCUT2D eigenvalue weighted by Gasteiger charge is 2.14. The van der Waals surface area contributed by atoms with E-state index in [-0.39, 0.29) is 0 Å². The molecular formula is C13H17NOS2. The van der Waals surface area contributed by atoms with Gasteiger partial charge in [-0.2, -0.15) is 0 Å². The third-order valence-corrected chi connectivity index (χ3v) is 4.08. The molecule has 1 aliphatic heterocycles. The summed E-state index contributed by atoms with van der Waals surface area (Å²) in [7, 11) is 0.